The first-order valence-corrected chi connectivity index (χ1v) is 5.72. The molecular formula is C12H13F5N2O2. The highest BCUT2D eigenvalue weighted by atomic mass is 19.3. The molecule has 0 saturated carbocycles. The van der Waals surface area contributed by atoms with Crippen LogP contribution in [-0.4, -0.2) is 11.7 Å². The normalized spacial score (nSPS) is 12.2. The minimum absolute atomic E-state index is 0.344. The Hall–Kier alpha value is -1.90. The second-order valence-electron chi connectivity index (χ2n) is 5.05. The molecule has 0 bridgehead atoms. The first-order valence-electron chi connectivity index (χ1n) is 5.72. The van der Waals surface area contributed by atoms with Crippen LogP contribution in [0.3, 0.4) is 0 Å². The van der Waals surface area contributed by atoms with Crippen LogP contribution in [0.15, 0.2) is 12.1 Å². The van der Waals surface area contributed by atoms with Gasteiger partial charge in [-0.3, -0.25) is 5.43 Å². The second kappa shape index (κ2) is 5.84. The number of amides is 1. The van der Waals surface area contributed by atoms with Crippen LogP contribution in [0.2, 0.25) is 0 Å². The predicted molar refractivity (Wildman–Crippen MR) is 62.7 cm³/mol. The van der Waals surface area contributed by atoms with Gasteiger partial charge in [0.05, 0.1) is 5.56 Å². The standard InChI is InChI=1S/C12H13F5N2O2/c1-11(2,3)21-10(20)18-19-12(16,17)6-4-5-7(13)9(15)8(6)14/h4-5,19H,1-3H3,(H,18,20). The van der Waals surface area contributed by atoms with Crippen LogP contribution >= 0.6 is 0 Å². The molecule has 1 amide bonds. The number of hydrogen-bond acceptors (Lipinski definition) is 3. The molecule has 4 nitrogen and oxygen atoms in total. The zero-order valence-corrected chi connectivity index (χ0v) is 11.4. The third kappa shape index (κ3) is 4.55. The fraction of sp³-hybridized carbons (Fsp3) is 0.417. The summed E-state index contributed by atoms with van der Waals surface area (Å²) in [7, 11) is 0. The number of benzene rings is 1. The molecule has 9 heteroatoms. The molecule has 0 unspecified atom stereocenters. The first-order chi connectivity index (χ1) is 9.44. The third-order valence-corrected chi connectivity index (χ3v) is 2.09. The summed E-state index contributed by atoms with van der Waals surface area (Å²) in [5, 5.41) is 0. The van der Waals surface area contributed by atoms with Gasteiger partial charge in [0, 0.05) is 0 Å². The van der Waals surface area contributed by atoms with Crippen LogP contribution in [0, 0.1) is 17.5 Å². The molecule has 0 radical (unpaired) electrons. The third-order valence-electron chi connectivity index (χ3n) is 2.09. The SMILES string of the molecule is CC(C)(C)OC(=O)NNC(F)(F)c1ccc(F)c(F)c1F. The van der Waals surface area contributed by atoms with E-state index in [0.717, 1.165) is 0 Å². The van der Waals surface area contributed by atoms with Gasteiger partial charge in [-0.1, -0.05) is 0 Å². The maximum atomic E-state index is 13.6. The van der Waals surface area contributed by atoms with Crippen molar-refractivity contribution < 1.29 is 31.5 Å². The Labute approximate surface area is 117 Å². The minimum atomic E-state index is -4.17. The fourth-order valence-corrected chi connectivity index (χ4v) is 1.27. The van der Waals surface area contributed by atoms with Gasteiger partial charge in [-0.25, -0.2) is 18.0 Å². The monoisotopic (exact) mass is 312 g/mol. The van der Waals surface area contributed by atoms with Crippen molar-refractivity contribution in [1.82, 2.24) is 10.9 Å². The topological polar surface area (TPSA) is 50.4 Å². The number of hydrogen-bond donors (Lipinski definition) is 2. The average molecular weight is 312 g/mol. The van der Waals surface area contributed by atoms with Crippen molar-refractivity contribution in [2.75, 3.05) is 0 Å². The van der Waals surface area contributed by atoms with E-state index in [1.165, 1.54) is 31.6 Å². The molecule has 0 aliphatic rings. The largest absolute Gasteiger partial charge is 0.443 e. The quantitative estimate of drug-likeness (QED) is 0.390. The molecule has 2 N–H and O–H groups in total. The van der Waals surface area contributed by atoms with Crippen LogP contribution in [0.1, 0.15) is 26.3 Å². The summed E-state index contributed by atoms with van der Waals surface area (Å²) in [6.07, 6.45) is -1.25. The van der Waals surface area contributed by atoms with Crippen molar-refractivity contribution in [2.45, 2.75) is 32.4 Å². The lowest BCUT2D eigenvalue weighted by Crippen LogP contribution is -2.49. The van der Waals surface area contributed by atoms with E-state index in [-0.39, 0.29) is 0 Å². The predicted octanol–water partition coefficient (Wildman–Crippen LogP) is 3.18. The maximum absolute atomic E-state index is 13.6. The number of ether oxygens (including phenoxy) is 1. The Balaban J connectivity index is 2.83. The van der Waals surface area contributed by atoms with Crippen molar-refractivity contribution in [2.24, 2.45) is 0 Å². The molecule has 0 fully saturated rings. The molecular weight excluding hydrogens is 299 g/mol. The van der Waals surface area contributed by atoms with Crippen molar-refractivity contribution in [3.63, 3.8) is 0 Å². The number of alkyl halides is 2. The number of hydrazine groups is 1. The number of carbonyl (C=O) groups is 1. The van der Waals surface area contributed by atoms with Crippen LogP contribution in [0.25, 0.3) is 0 Å². The Morgan fingerprint density at radius 3 is 2.19 bits per heavy atom. The number of halogens is 5. The Bertz CT molecular complexity index is 543. The van der Waals surface area contributed by atoms with Gasteiger partial charge >= 0.3 is 12.1 Å². The van der Waals surface area contributed by atoms with Crippen LogP contribution < -0.4 is 10.9 Å². The lowest BCUT2D eigenvalue weighted by atomic mass is 10.1. The van der Waals surface area contributed by atoms with Gasteiger partial charge in [-0.05, 0) is 32.9 Å². The van der Waals surface area contributed by atoms with Crippen LogP contribution in [0.5, 0.6) is 0 Å². The van der Waals surface area contributed by atoms with Crippen molar-refractivity contribution in [3.8, 4) is 0 Å². The van der Waals surface area contributed by atoms with Gasteiger partial charge in [-0.2, -0.15) is 14.2 Å². The van der Waals surface area contributed by atoms with Gasteiger partial charge in [-0.15, -0.1) is 0 Å². The molecule has 1 aromatic rings. The second-order valence-corrected chi connectivity index (χ2v) is 5.05. The molecule has 21 heavy (non-hydrogen) atoms. The van der Waals surface area contributed by atoms with E-state index in [1.54, 1.807) is 0 Å². The lowest BCUT2D eigenvalue weighted by Gasteiger charge is -2.23. The highest BCUT2D eigenvalue weighted by Crippen LogP contribution is 2.28. The number of rotatable bonds is 3. The molecule has 118 valence electrons. The molecule has 1 aromatic carbocycles. The smallest absolute Gasteiger partial charge is 0.422 e. The summed E-state index contributed by atoms with van der Waals surface area (Å²) in [6, 6.07) is -3.47. The molecule has 0 aliphatic carbocycles. The van der Waals surface area contributed by atoms with Crippen LogP contribution in [-0.2, 0) is 10.8 Å². The summed E-state index contributed by atoms with van der Waals surface area (Å²) in [4.78, 5) is 11.2. The van der Waals surface area contributed by atoms with E-state index in [9.17, 15) is 26.7 Å². The molecule has 0 saturated heterocycles. The summed E-state index contributed by atoms with van der Waals surface area (Å²) in [6.45, 7) is 4.50. The van der Waals surface area contributed by atoms with Crippen molar-refractivity contribution in [3.05, 3.63) is 35.1 Å². The molecule has 0 aliphatic heterocycles. The fourth-order valence-electron chi connectivity index (χ4n) is 1.27. The Morgan fingerprint density at radius 2 is 1.67 bits per heavy atom. The van der Waals surface area contributed by atoms with Gasteiger partial charge in [0.1, 0.15) is 5.60 Å². The van der Waals surface area contributed by atoms with Gasteiger partial charge < -0.3 is 4.74 Å². The lowest BCUT2D eigenvalue weighted by molar-refractivity contribution is -0.0609. The number of carbonyl (C=O) groups excluding carboxylic acids is 1. The molecule has 0 atom stereocenters. The Kier molecular flexibility index (Phi) is 4.77. The van der Waals surface area contributed by atoms with E-state index in [0.29, 0.717) is 12.1 Å². The highest BCUT2D eigenvalue weighted by molar-refractivity contribution is 5.67. The van der Waals surface area contributed by atoms with E-state index >= 15 is 0 Å². The summed E-state index contributed by atoms with van der Waals surface area (Å²) in [5.74, 6) is -5.70. The summed E-state index contributed by atoms with van der Waals surface area (Å²) < 4.78 is 70.8. The molecule has 0 aromatic heterocycles. The highest BCUT2D eigenvalue weighted by Gasteiger charge is 2.37. The van der Waals surface area contributed by atoms with E-state index < -0.39 is 40.8 Å². The van der Waals surface area contributed by atoms with Gasteiger partial charge in [0.25, 0.3) is 0 Å². The first kappa shape index (κ1) is 17.2. The zero-order chi connectivity index (χ0) is 16.4. The average Bonchev–Trinajstić information content (AvgIpc) is 2.31. The van der Waals surface area contributed by atoms with E-state index in [2.05, 4.69) is 4.74 Å². The minimum Gasteiger partial charge on any atom is -0.443 e. The van der Waals surface area contributed by atoms with Crippen LogP contribution in [0.4, 0.5) is 26.7 Å². The van der Waals surface area contributed by atoms with Crippen molar-refractivity contribution >= 4 is 6.09 Å². The molecule has 1 rings (SSSR count). The van der Waals surface area contributed by atoms with Crippen molar-refractivity contribution in [1.29, 1.82) is 0 Å². The molecule has 0 heterocycles. The maximum Gasteiger partial charge on any atom is 0.422 e. The number of nitrogens with one attached hydrogen (secondary N) is 2. The molecule has 0 spiro atoms. The van der Waals surface area contributed by atoms with Gasteiger partial charge in [0.15, 0.2) is 17.5 Å². The van der Waals surface area contributed by atoms with E-state index in [4.69, 9.17) is 0 Å². The van der Waals surface area contributed by atoms with Gasteiger partial charge in [0.2, 0.25) is 0 Å². The Morgan fingerprint density at radius 1 is 1.10 bits per heavy atom. The summed E-state index contributed by atoms with van der Waals surface area (Å²) in [5.41, 5.74) is 0.296. The van der Waals surface area contributed by atoms with E-state index in [1.807, 2.05) is 0 Å². The zero-order valence-electron chi connectivity index (χ0n) is 11.4. The summed E-state index contributed by atoms with van der Waals surface area (Å²) >= 11 is 0.